The number of benzene rings is 3. The van der Waals surface area contributed by atoms with Gasteiger partial charge in [0.1, 0.15) is 17.1 Å². The third-order valence-corrected chi connectivity index (χ3v) is 7.37. The van der Waals surface area contributed by atoms with Gasteiger partial charge in [-0.05, 0) is 30.4 Å². The van der Waals surface area contributed by atoms with Gasteiger partial charge in [-0.1, -0.05) is 66.7 Å². The van der Waals surface area contributed by atoms with Gasteiger partial charge in [-0.25, -0.2) is 4.68 Å². The molecule has 2 aromatic heterocycles. The highest BCUT2D eigenvalue weighted by Crippen LogP contribution is 2.57. The predicted molar refractivity (Wildman–Crippen MR) is 144 cm³/mol. The number of hydrogen-bond acceptors (Lipinski definition) is 5. The van der Waals surface area contributed by atoms with E-state index >= 15 is 0 Å². The van der Waals surface area contributed by atoms with Crippen LogP contribution in [-0.2, 0) is 10.2 Å². The van der Waals surface area contributed by atoms with Crippen molar-refractivity contribution in [2.45, 2.75) is 5.41 Å². The summed E-state index contributed by atoms with van der Waals surface area (Å²) < 4.78 is 1.95. The number of carbonyl (C=O) groups excluding carboxylic acids is 1. The van der Waals surface area contributed by atoms with E-state index in [4.69, 9.17) is 17.3 Å². The number of likely N-dealkylation sites (N-methyl/N-ethyl adjacent to an activating group) is 1. The van der Waals surface area contributed by atoms with Gasteiger partial charge in [0, 0.05) is 29.4 Å². The first-order valence-electron chi connectivity index (χ1n) is 11.8. The molecular formula is C28H20N6O2S. The standard InChI is InChI=1S/C28H20N6O2S/c1-33-19-15-9-8-14-18(19)28(26(33)36)20-22(16-10-4-2-5-11-16)32-34(17-12-6-3-7-13-17)24(20)29-23-21(28)25(35)31-27(37)30-23/h2-15H,1H3,(H3,29,30,31,35,37). The van der Waals surface area contributed by atoms with E-state index in [0.29, 0.717) is 28.5 Å². The molecule has 0 saturated heterocycles. The van der Waals surface area contributed by atoms with Crippen LogP contribution in [0.15, 0.2) is 89.7 Å². The Hall–Kier alpha value is -4.76. The molecule has 3 aromatic carbocycles. The SMILES string of the molecule is CN1C(=O)C2(c3ccccc31)c1c(-c3ccccc3)nn(-c3ccccc3)c1Nc1[nH]c(=S)[nH]c(=O)c12. The average molecular weight is 505 g/mol. The van der Waals surface area contributed by atoms with E-state index in [2.05, 4.69) is 15.3 Å². The van der Waals surface area contributed by atoms with Crippen LogP contribution in [-0.4, -0.2) is 32.7 Å². The summed E-state index contributed by atoms with van der Waals surface area (Å²) in [6.07, 6.45) is 0. The van der Waals surface area contributed by atoms with Gasteiger partial charge in [0.2, 0.25) is 5.91 Å². The second-order valence-electron chi connectivity index (χ2n) is 9.10. The molecule has 9 heteroatoms. The molecule has 1 unspecified atom stereocenters. The fourth-order valence-electron chi connectivity index (χ4n) is 5.67. The van der Waals surface area contributed by atoms with Crippen molar-refractivity contribution < 1.29 is 4.79 Å². The zero-order chi connectivity index (χ0) is 25.3. The van der Waals surface area contributed by atoms with Crippen molar-refractivity contribution in [3.05, 3.63) is 117 Å². The number of anilines is 3. The Bertz CT molecular complexity index is 1840. The van der Waals surface area contributed by atoms with E-state index in [1.54, 1.807) is 16.6 Å². The molecule has 37 heavy (non-hydrogen) atoms. The molecule has 1 atom stereocenters. The number of rotatable bonds is 2. The van der Waals surface area contributed by atoms with Gasteiger partial charge >= 0.3 is 0 Å². The number of hydrogen-bond donors (Lipinski definition) is 3. The number of aromatic nitrogens is 4. The van der Waals surface area contributed by atoms with Crippen LogP contribution < -0.4 is 15.8 Å². The topological polar surface area (TPSA) is 98.8 Å². The largest absolute Gasteiger partial charge is 0.326 e. The second kappa shape index (κ2) is 7.62. The van der Waals surface area contributed by atoms with Crippen molar-refractivity contribution in [2.75, 3.05) is 17.3 Å². The van der Waals surface area contributed by atoms with E-state index in [1.165, 1.54) is 0 Å². The first kappa shape index (κ1) is 21.5. The molecule has 2 aliphatic heterocycles. The second-order valence-corrected chi connectivity index (χ2v) is 9.51. The Morgan fingerprint density at radius 3 is 2.27 bits per heavy atom. The van der Waals surface area contributed by atoms with Crippen LogP contribution in [0.1, 0.15) is 16.7 Å². The Kier molecular flexibility index (Phi) is 4.43. The summed E-state index contributed by atoms with van der Waals surface area (Å²) in [5.41, 5.74) is 2.70. The number of carbonyl (C=O) groups is 1. The Balaban J connectivity index is 1.70. The maximum atomic E-state index is 14.5. The van der Waals surface area contributed by atoms with Crippen molar-refractivity contribution in [1.29, 1.82) is 0 Å². The molecule has 0 aliphatic carbocycles. The van der Waals surface area contributed by atoms with Crippen molar-refractivity contribution in [3.63, 3.8) is 0 Å². The molecule has 0 fully saturated rings. The number of nitrogens with zero attached hydrogens (tertiary/aromatic N) is 3. The fraction of sp³-hybridized carbons (Fsp3) is 0.0714. The fourth-order valence-corrected chi connectivity index (χ4v) is 5.86. The van der Waals surface area contributed by atoms with Crippen LogP contribution in [0.2, 0.25) is 0 Å². The molecule has 1 amide bonds. The van der Waals surface area contributed by atoms with Crippen LogP contribution in [0.25, 0.3) is 16.9 Å². The molecule has 0 bridgehead atoms. The lowest BCUT2D eigenvalue weighted by atomic mass is 9.68. The van der Waals surface area contributed by atoms with Crippen LogP contribution in [0.3, 0.4) is 0 Å². The Morgan fingerprint density at radius 2 is 1.51 bits per heavy atom. The summed E-state index contributed by atoms with van der Waals surface area (Å²) in [7, 11) is 1.74. The van der Waals surface area contributed by atoms with Gasteiger partial charge in [0.25, 0.3) is 5.56 Å². The van der Waals surface area contributed by atoms with Gasteiger partial charge in [0.05, 0.1) is 16.9 Å². The van der Waals surface area contributed by atoms with Crippen molar-refractivity contribution in [2.24, 2.45) is 0 Å². The summed E-state index contributed by atoms with van der Waals surface area (Å²) in [6.45, 7) is 0. The van der Waals surface area contributed by atoms with Gasteiger partial charge in [-0.15, -0.1) is 0 Å². The third-order valence-electron chi connectivity index (χ3n) is 7.16. The minimum Gasteiger partial charge on any atom is -0.326 e. The minimum atomic E-state index is -1.45. The van der Waals surface area contributed by atoms with E-state index in [-0.39, 0.29) is 16.2 Å². The van der Waals surface area contributed by atoms with Crippen LogP contribution in [0, 0.1) is 4.77 Å². The number of nitrogens with one attached hydrogen (secondary N) is 3. The van der Waals surface area contributed by atoms with Crippen LogP contribution in [0.5, 0.6) is 0 Å². The number of H-pyrrole nitrogens is 2. The quantitative estimate of drug-likeness (QED) is 0.304. The third kappa shape index (κ3) is 2.77. The summed E-state index contributed by atoms with van der Waals surface area (Å²) in [5.74, 6) is 0.724. The lowest BCUT2D eigenvalue weighted by Crippen LogP contribution is -2.47. The van der Waals surface area contributed by atoms with Crippen molar-refractivity contribution >= 4 is 35.4 Å². The zero-order valence-electron chi connectivity index (χ0n) is 19.6. The van der Waals surface area contributed by atoms with Gasteiger partial charge in [-0.2, -0.15) is 5.10 Å². The van der Waals surface area contributed by atoms with Crippen LogP contribution in [0.4, 0.5) is 17.3 Å². The molecule has 1 spiro atoms. The molecule has 2 aliphatic rings. The molecular weight excluding hydrogens is 484 g/mol. The van der Waals surface area contributed by atoms with Gasteiger partial charge < -0.3 is 15.2 Å². The highest BCUT2D eigenvalue weighted by Gasteiger charge is 2.60. The molecule has 4 heterocycles. The monoisotopic (exact) mass is 504 g/mol. The first-order valence-corrected chi connectivity index (χ1v) is 12.2. The van der Waals surface area contributed by atoms with E-state index in [0.717, 1.165) is 16.9 Å². The summed E-state index contributed by atoms with van der Waals surface area (Å²) in [4.78, 5) is 35.6. The molecule has 7 rings (SSSR count). The maximum absolute atomic E-state index is 14.5. The Labute approximate surface area is 216 Å². The zero-order valence-corrected chi connectivity index (χ0v) is 20.5. The number of para-hydroxylation sites is 2. The number of amides is 1. The molecule has 5 aromatic rings. The normalized spacial score (nSPS) is 17.3. The summed E-state index contributed by atoms with van der Waals surface area (Å²) in [5, 5.41) is 8.43. The van der Waals surface area contributed by atoms with Crippen molar-refractivity contribution in [1.82, 2.24) is 19.7 Å². The van der Waals surface area contributed by atoms with Gasteiger partial charge in [0.15, 0.2) is 4.77 Å². The van der Waals surface area contributed by atoms with Crippen molar-refractivity contribution in [3.8, 4) is 16.9 Å². The first-order chi connectivity index (χ1) is 18.0. The number of fused-ring (bicyclic) bond motifs is 6. The lowest BCUT2D eigenvalue weighted by molar-refractivity contribution is -0.120. The lowest BCUT2D eigenvalue weighted by Gasteiger charge is -2.35. The molecule has 8 nitrogen and oxygen atoms in total. The minimum absolute atomic E-state index is 0.163. The molecule has 0 radical (unpaired) electrons. The predicted octanol–water partition coefficient (Wildman–Crippen LogP) is 4.65. The Morgan fingerprint density at radius 1 is 0.838 bits per heavy atom. The number of aromatic amines is 2. The highest BCUT2D eigenvalue weighted by molar-refractivity contribution is 7.71. The smallest absolute Gasteiger partial charge is 0.258 e. The maximum Gasteiger partial charge on any atom is 0.258 e. The van der Waals surface area contributed by atoms with E-state index in [1.807, 2.05) is 84.9 Å². The molecule has 180 valence electrons. The van der Waals surface area contributed by atoms with E-state index in [9.17, 15) is 9.59 Å². The average Bonchev–Trinajstić information content (AvgIpc) is 3.40. The van der Waals surface area contributed by atoms with Gasteiger partial charge in [-0.3, -0.25) is 14.6 Å². The van der Waals surface area contributed by atoms with Crippen LogP contribution >= 0.6 is 12.2 Å². The highest BCUT2D eigenvalue weighted by atomic mass is 32.1. The molecule has 0 saturated carbocycles. The summed E-state index contributed by atoms with van der Waals surface area (Å²) in [6, 6.07) is 27.0. The van der Waals surface area contributed by atoms with E-state index < -0.39 is 11.0 Å². The summed E-state index contributed by atoms with van der Waals surface area (Å²) >= 11 is 5.32. The molecule has 3 N–H and O–H groups in total.